The lowest BCUT2D eigenvalue weighted by Gasteiger charge is -2.19. The minimum absolute atomic E-state index is 0.272. The molecule has 2 rings (SSSR count). The molecule has 1 N–H and O–H groups in total. The van der Waals surface area contributed by atoms with Crippen molar-refractivity contribution >= 4 is 11.3 Å². The van der Waals surface area contributed by atoms with Crippen LogP contribution in [0, 0.1) is 5.82 Å². The van der Waals surface area contributed by atoms with E-state index in [0.29, 0.717) is 18.5 Å². The molecular formula is C15H15F4NS. The van der Waals surface area contributed by atoms with Crippen LogP contribution in [-0.4, -0.2) is 6.54 Å². The molecule has 1 aromatic heterocycles. The first kappa shape index (κ1) is 16.0. The summed E-state index contributed by atoms with van der Waals surface area (Å²) in [5.74, 6) is -1.24. The number of alkyl halides is 3. The van der Waals surface area contributed by atoms with Gasteiger partial charge in [0.05, 0.1) is 5.56 Å². The molecule has 0 fully saturated rings. The first-order chi connectivity index (χ1) is 9.91. The van der Waals surface area contributed by atoms with Crippen LogP contribution in [0.1, 0.15) is 29.7 Å². The van der Waals surface area contributed by atoms with Crippen LogP contribution in [0.4, 0.5) is 17.6 Å². The van der Waals surface area contributed by atoms with Gasteiger partial charge in [-0.1, -0.05) is 13.0 Å². The molecule has 0 aliphatic rings. The smallest absolute Gasteiger partial charge is 0.310 e. The van der Waals surface area contributed by atoms with Gasteiger partial charge >= 0.3 is 6.18 Å². The van der Waals surface area contributed by atoms with Gasteiger partial charge in [-0.05, 0) is 53.1 Å². The predicted octanol–water partition coefficient (Wildman–Crippen LogP) is 4.80. The van der Waals surface area contributed by atoms with Gasteiger partial charge in [0.25, 0.3) is 0 Å². The zero-order valence-corrected chi connectivity index (χ0v) is 12.2. The monoisotopic (exact) mass is 317 g/mol. The second-order valence-electron chi connectivity index (χ2n) is 4.68. The van der Waals surface area contributed by atoms with E-state index >= 15 is 0 Å². The van der Waals surface area contributed by atoms with Gasteiger partial charge in [0.2, 0.25) is 0 Å². The molecular weight excluding hydrogens is 302 g/mol. The van der Waals surface area contributed by atoms with E-state index in [0.717, 1.165) is 17.7 Å². The van der Waals surface area contributed by atoms with Crippen LogP contribution < -0.4 is 5.32 Å². The maximum atomic E-state index is 13.4. The van der Waals surface area contributed by atoms with Crippen molar-refractivity contribution in [1.29, 1.82) is 0 Å². The predicted molar refractivity (Wildman–Crippen MR) is 75.8 cm³/mol. The highest BCUT2D eigenvalue weighted by molar-refractivity contribution is 7.07. The first-order valence-electron chi connectivity index (χ1n) is 6.53. The molecule has 0 aliphatic heterocycles. The summed E-state index contributed by atoms with van der Waals surface area (Å²) in [6.45, 7) is 2.50. The normalized spacial score (nSPS) is 13.4. The Balaban J connectivity index is 2.32. The van der Waals surface area contributed by atoms with E-state index < -0.39 is 17.6 Å². The number of halogens is 4. The van der Waals surface area contributed by atoms with Gasteiger partial charge in [-0.25, -0.2) is 4.39 Å². The topological polar surface area (TPSA) is 12.0 Å². The van der Waals surface area contributed by atoms with E-state index in [1.165, 1.54) is 17.4 Å². The quantitative estimate of drug-likeness (QED) is 0.781. The van der Waals surface area contributed by atoms with Crippen molar-refractivity contribution in [3.05, 3.63) is 57.5 Å². The highest BCUT2D eigenvalue weighted by Crippen LogP contribution is 2.33. The van der Waals surface area contributed by atoms with Crippen LogP contribution in [0.3, 0.4) is 0 Å². The summed E-state index contributed by atoms with van der Waals surface area (Å²) in [4.78, 5) is 0. The van der Waals surface area contributed by atoms with Crippen molar-refractivity contribution in [2.24, 2.45) is 0 Å². The Morgan fingerprint density at radius 1 is 1.24 bits per heavy atom. The van der Waals surface area contributed by atoms with E-state index in [4.69, 9.17) is 0 Å². The Kier molecular flexibility index (Phi) is 5.00. The molecule has 0 spiro atoms. The fourth-order valence-electron chi connectivity index (χ4n) is 2.18. The van der Waals surface area contributed by atoms with E-state index in [2.05, 4.69) is 5.32 Å². The third-order valence-corrected chi connectivity index (χ3v) is 3.90. The fourth-order valence-corrected chi connectivity index (χ4v) is 2.86. The lowest BCUT2D eigenvalue weighted by Crippen LogP contribution is -2.23. The van der Waals surface area contributed by atoms with E-state index in [-0.39, 0.29) is 6.04 Å². The molecule has 0 aliphatic carbocycles. The number of hydrogen-bond acceptors (Lipinski definition) is 2. The molecule has 1 heterocycles. The number of benzene rings is 1. The van der Waals surface area contributed by atoms with Crippen LogP contribution in [0.5, 0.6) is 0 Å². The van der Waals surface area contributed by atoms with Crippen LogP contribution in [0.15, 0.2) is 35.0 Å². The number of hydrogen-bond donors (Lipinski definition) is 1. The number of rotatable bonds is 5. The summed E-state index contributed by atoms with van der Waals surface area (Å²) in [5.41, 5.74) is 0.272. The molecule has 0 amide bonds. The summed E-state index contributed by atoms with van der Waals surface area (Å²) in [7, 11) is 0. The lowest BCUT2D eigenvalue weighted by atomic mass is 9.98. The molecule has 0 saturated heterocycles. The fraction of sp³-hybridized carbons (Fsp3) is 0.333. The van der Waals surface area contributed by atoms with E-state index in [9.17, 15) is 17.6 Å². The zero-order chi connectivity index (χ0) is 15.5. The molecule has 0 bridgehead atoms. The second-order valence-corrected chi connectivity index (χ2v) is 5.46. The van der Waals surface area contributed by atoms with Crippen molar-refractivity contribution in [2.75, 3.05) is 6.54 Å². The average molecular weight is 317 g/mol. The Morgan fingerprint density at radius 3 is 2.57 bits per heavy atom. The highest BCUT2D eigenvalue weighted by atomic mass is 32.1. The molecule has 0 saturated carbocycles. The Labute approximate surface area is 124 Å². The maximum Gasteiger partial charge on any atom is 0.419 e. The van der Waals surface area contributed by atoms with Crippen LogP contribution in [0.2, 0.25) is 0 Å². The first-order valence-corrected chi connectivity index (χ1v) is 7.47. The van der Waals surface area contributed by atoms with Gasteiger partial charge in [0.15, 0.2) is 0 Å². The van der Waals surface area contributed by atoms with Gasteiger partial charge in [-0.2, -0.15) is 24.5 Å². The van der Waals surface area contributed by atoms with Crippen molar-refractivity contribution in [2.45, 2.75) is 25.6 Å². The summed E-state index contributed by atoms with van der Waals surface area (Å²) in [5, 5.41) is 7.03. The standard InChI is InChI=1S/C15H15F4NS/c1-2-20-14(7-10-5-6-21-9-10)11-3-4-13(16)12(8-11)15(17,18)19/h3-6,8-9,14,20H,2,7H2,1H3. The molecule has 1 atom stereocenters. The van der Waals surface area contributed by atoms with Gasteiger partial charge in [0.1, 0.15) is 5.82 Å². The van der Waals surface area contributed by atoms with Gasteiger partial charge in [0, 0.05) is 6.04 Å². The van der Waals surface area contributed by atoms with Gasteiger partial charge in [-0.15, -0.1) is 0 Å². The Bertz CT molecular complexity index is 578. The Hall–Kier alpha value is -1.40. The van der Waals surface area contributed by atoms with Crippen molar-refractivity contribution in [3.8, 4) is 0 Å². The minimum atomic E-state index is -4.68. The molecule has 114 valence electrons. The lowest BCUT2D eigenvalue weighted by molar-refractivity contribution is -0.140. The summed E-state index contributed by atoms with van der Waals surface area (Å²) in [6.07, 6.45) is -4.11. The maximum absolute atomic E-state index is 13.4. The molecule has 2 aromatic rings. The summed E-state index contributed by atoms with van der Waals surface area (Å²) < 4.78 is 51.7. The third-order valence-electron chi connectivity index (χ3n) is 3.17. The molecule has 21 heavy (non-hydrogen) atoms. The largest absolute Gasteiger partial charge is 0.419 e. The van der Waals surface area contributed by atoms with E-state index in [1.54, 1.807) is 0 Å². The molecule has 0 radical (unpaired) electrons. The van der Waals surface area contributed by atoms with Crippen LogP contribution in [0.25, 0.3) is 0 Å². The van der Waals surface area contributed by atoms with Crippen LogP contribution >= 0.6 is 11.3 Å². The summed E-state index contributed by atoms with van der Waals surface area (Å²) in [6, 6.07) is 4.85. The molecule has 1 nitrogen and oxygen atoms in total. The van der Waals surface area contributed by atoms with Gasteiger partial charge < -0.3 is 5.32 Å². The van der Waals surface area contributed by atoms with E-state index in [1.807, 2.05) is 23.8 Å². The SMILES string of the molecule is CCNC(Cc1ccsc1)c1ccc(F)c(C(F)(F)F)c1. The molecule has 1 unspecified atom stereocenters. The Morgan fingerprint density at radius 2 is 2.00 bits per heavy atom. The number of thiophene rings is 1. The zero-order valence-electron chi connectivity index (χ0n) is 11.4. The number of likely N-dealkylation sites (N-methyl/N-ethyl adjacent to an activating group) is 1. The number of nitrogens with one attached hydrogen (secondary N) is 1. The minimum Gasteiger partial charge on any atom is -0.310 e. The molecule has 1 aromatic carbocycles. The third kappa shape index (κ3) is 4.04. The molecule has 6 heteroatoms. The average Bonchev–Trinajstić information content (AvgIpc) is 2.90. The van der Waals surface area contributed by atoms with Gasteiger partial charge in [-0.3, -0.25) is 0 Å². The van der Waals surface area contributed by atoms with Crippen molar-refractivity contribution < 1.29 is 17.6 Å². The van der Waals surface area contributed by atoms with Crippen LogP contribution in [-0.2, 0) is 12.6 Å². The van der Waals surface area contributed by atoms with Crippen molar-refractivity contribution in [1.82, 2.24) is 5.32 Å². The van der Waals surface area contributed by atoms with Crippen molar-refractivity contribution in [3.63, 3.8) is 0 Å². The summed E-state index contributed by atoms with van der Waals surface area (Å²) >= 11 is 1.54. The highest BCUT2D eigenvalue weighted by Gasteiger charge is 2.34. The second kappa shape index (κ2) is 6.58.